The van der Waals surface area contributed by atoms with Crippen molar-refractivity contribution >= 4 is 5.82 Å². The molecule has 2 aromatic rings. The topological polar surface area (TPSA) is 50.7 Å². The van der Waals surface area contributed by atoms with Crippen molar-refractivity contribution < 1.29 is 0 Å². The third-order valence-electron chi connectivity index (χ3n) is 2.57. The summed E-state index contributed by atoms with van der Waals surface area (Å²) in [5, 5.41) is 3.30. The molecule has 2 heterocycles. The second-order valence-electron chi connectivity index (χ2n) is 4.05. The molecule has 0 bridgehead atoms. The second-order valence-corrected chi connectivity index (χ2v) is 4.05. The predicted octanol–water partition coefficient (Wildman–Crippen LogP) is 2.92. The van der Waals surface area contributed by atoms with Crippen LogP contribution in [0.15, 0.2) is 30.5 Å². The van der Waals surface area contributed by atoms with Gasteiger partial charge in [0.05, 0.1) is 11.4 Å². The van der Waals surface area contributed by atoms with Crippen molar-refractivity contribution in [2.45, 2.75) is 26.7 Å². The van der Waals surface area contributed by atoms with Crippen LogP contribution in [0.4, 0.5) is 5.82 Å². The van der Waals surface area contributed by atoms with Crippen LogP contribution in [0.2, 0.25) is 0 Å². The zero-order valence-electron chi connectivity index (χ0n) is 10.8. The zero-order valence-corrected chi connectivity index (χ0v) is 10.8. The predicted molar refractivity (Wildman–Crippen MR) is 73.4 cm³/mol. The fraction of sp³-hybridized carbons (Fsp3) is 0.357. The molecule has 4 heteroatoms. The maximum absolute atomic E-state index is 4.52. The fourth-order valence-corrected chi connectivity index (χ4v) is 1.64. The van der Waals surface area contributed by atoms with Gasteiger partial charge in [0, 0.05) is 25.2 Å². The van der Waals surface area contributed by atoms with Crippen LogP contribution in [0.25, 0.3) is 11.4 Å². The minimum Gasteiger partial charge on any atom is -0.370 e. The molecule has 0 aliphatic rings. The van der Waals surface area contributed by atoms with Crippen molar-refractivity contribution in [3.8, 4) is 11.4 Å². The van der Waals surface area contributed by atoms with E-state index in [0.717, 1.165) is 42.4 Å². The Bertz CT molecular complexity index is 496. The van der Waals surface area contributed by atoms with Gasteiger partial charge in [0.1, 0.15) is 11.6 Å². The van der Waals surface area contributed by atoms with E-state index in [-0.39, 0.29) is 0 Å². The summed E-state index contributed by atoms with van der Waals surface area (Å²) in [6, 6.07) is 7.79. The van der Waals surface area contributed by atoms with E-state index in [9.17, 15) is 0 Å². The summed E-state index contributed by atoms with van der Waals surface area (Å²) in [6.07, 6.45) is 3.67. The largest absolute Gasteiger partial charge is 0.370 e. The van der Waals surface area contributed by atoms with Gasteiger partial charge in [0.2, 0.25) is 0 Å². The van der Waals surface area contributed by atoms with Crippen LogP contribution in [0, 0.1) is 0 Å². The van der Waals surface area contributed by atoms with Gasteiger partial charge in [-0.15, -0.1) is 0 Å². The van der Waals surface area contributed by atoms with Gasteiger partial charge in [-0.1, -0.05) is 19.9 Å². The first-order valence-corrected chi connectivity index (χ1v) is 6.36. The molecule has 0 radical (unpaired) electrons. The molecule has 0 unspecified atom stereocenters. The molecule has 18 heavy (non-hydrogen) atoms. The molecule has 0 amide bonds. The highest BCUT2D eigenvalue weighted by atomic mass is 15.0. The van der Waals surface area contributed by atoms with Gasteiger partial charge >= 0.3 is 0 Å². The molecule has 94 valence electrons. The monoisotopic (exact) mass is 242 g/mol. The SMILES string of the molecule is CCCNc1cc(-c2ccccn2)nc(CC)n1. The lowest BCUT2D eigenvalue weighted by Gasteiger charge is -2.08. The van der Waals surface area contributed by atoms with Crippen molar-refractivity contribution in [1.29, 1.82) is 0 Å². The average Bonchev–Trinajstić information content (AvgIpc) is 2.45. The van der Waals surface area contributed by atoms with E-state index in [4.69, 9.17) is 0 Å². The molecule has 0 fully saturated rings. The highest BCUT2D eigenvalue weighted by Gasteiger charge is 2.06. The molecule has 1 N–H and O–H groups in total. The van der Waals surface area contributed by atoms with Gasteiger partial charge in [-0.05, 0) is 18.6 Å². The van der Waals surface area contributed by atoms with Crippen LogP contribution >= 0.6 is 0 Å². The Morgan fingerprint density at radius 1 is 1.11 bits per heavy atom. The number of nitrogens with zero attached hydrogens (tertiary/aromatic N) is 3. The number of aromatic nitrogens is 3. The Morgan fingerprint density at radius 3 is 2.67 bits per heavy atom. The standard InChI is InChI=1S/C14H18N4/c1-3-8-16-14-10-12(17-13(4-2)18-14)11-7-5-6-9-15-11/h5-7,9-10H,3-4,8H2,1-2H3,(H,16,17,18). The summed E-state index contributed by atoms with van der Waals surface area (Å²) in [6.45, 7) is 5.11. The van der Waals surface area contributed by atoms with Gasteiger partial charge in [0.15, 0.2) is 0 Å². The highest BCUT2D eigenvalue weighted by molar-refractivity contribution is 5.58. The van der Waals surface area contributed by atoms with Gasteiger partial charge < -0.3 is 5.32 Å². The summed E-state index contributed by atoms with van der Waals surface area (Å²) in [5.41, 5.74) is 1.76. The lowest BCUT2D eigenvalue weighted by molar-refractivity contribution is 0.918. The second kappa shape index (κ2) is 6.10. The molecule has 0 aliphatic carbocycles. The Labute approximate surface area is 108 Å². The maximum atomic E-state index is 4.52. The molecule has 0 saturated heterocycles. The van der Waals surface area contributed by atoms with Crippen LogP contribution in [0.1, 0.15) is 26.1 Å². The lowest BCUT2D eigenvalue weighted by Crippen LogP contribution is -2.05. The Morgan fingerprint density at radius 2 is 2.00 bits per heavy atom. The number of aryl methyl sites for hydroxylation is 1. The summed E-state index contributed by atoms with van der Waals surface area (Å²) < 4.78 is 0. The number of nitrogens with one attached hydrogen (secondary N) is 1. The van der Waals surface area contributed by atoms with E-state index >= 15 is 0 Å². The zero-order chi connectivity index (χ0) is 12.8. The smallest absolute Gasteiger partial charge is 0.131 e. The lowest BCUT2D eigenvalue weighted by atomic mass is 10.2. The third-order valence-corrected chi connectivity index (χ3v) is 2.57. The summed E-state index contributed by atoms with van der Waals surface area (Å²) in [5.74, 6) is 1.72. The van der Waals surface area contributed by atoms with Gasteiger partial charge in [0.25, 0.3) is 0 Å². The number of anilines is 1. The van der Waals surface area contributed by atoms with Crippen LogP contribution in [0.3, 0.4) is 0 Å². The van der Waals surface area contributed by atoms with E-state index < -0.39 is 0 Å². The first-order valence-electron chi connectivity index (χ1n) is 6.36. The van der Waals surface area contributed by atoms with Crippen molar-refractivity contribution in [3.63, 3.8) is 0 Å². The molecular formula is C14H18N4. The number of hydrogen-bond acceptors (Lipinski definition) is 4. The van der Waals surface area contributed by atoms with E-state index in [0.29, 0.717) is 0 Å². The molecule has 0 saturated carbocycles. The molecular weight excluding hydrogens is 224 g/mol. The first kappa shape index (κ1) is 12.5. The summed E-state index contributed by atoms with van der Waals surface area (Å²) in [7, 11) is 0. The quantitative estimate of drug-likeness (QED) is 0.875. The number of pyridine rings is 1. The molecule has 4 nitrogen and oxygen atoms in total. The first-order chi connectivity index (χ1) is 8.83. The molecule has 0 spiro atoms. The maximum Gasteiger partial charge on any atom is 0.131 e. The van der Waals surface area contributed by atoms with Crippen molar-refractivity contribution in [2.24, 2.45) is 0 Å². The van der Waals surface area contributed by atoms with Gasteiger partial charge in [-0.2, -0.15) is 0 Å². The normalized spacial score (nSPS) is 10.3. The summed E-state index contributed by atoms with van der Waals surface area (Å²) >= 11 is 0. The minimum absolute atomic E-state index is 0.821. The Hall–Kier alpha value is -1.97. The van der Waals surface area contributed by atoms with Crippen LogP contribution in [-0.4, -0.2) is 21.5 Å². The van der Waals surface area contributed by atoms with E-state index in [1.54, 1.807) is 6.20 Å². The number of rotatable bonds is 5. The molecule has 0 aliphatic heterocycles. The summed E-state index contributed by atoms with van der Waals surface area (Å²) in [4.78, 5) is 13.3. The molecule has 2 aromatic heterocycles. The van der Waals surface area contributed by atoms with Gasteiger partial charge in [-0.3, -0.25) is 4.98 Å². The van der Waals surface area contributed by atoms with Crippen molar-refractivity contribution in [3.05, 3.63) is 36.3 Å². The highest BCUT2D eigenvalue weighted by Crippen LogP contribution is 2.17. The third kappa shape index (κ3) is 3.03. The van der Waals surface area contributed by atoms with Crippen LogP contribution in [-0.2, 0) is 6.42 Å². The molecule has 2 rings (SSSR count). The number of hydrogen-bond donors (Lipinski definition) is 1. The molecule has 0 aromatic carbocycles. The van der Waals surface area contributed by atoms with E-state index in [1.807, 2.05) is 24.3 Å². The van der Waals surface area contributed by atoms with Crippen molar-refractivity contribution in [2.75, 3.05) is 11.9 Å². The van der Waals surface area contributed by atoms with Crippen LogP contribution < -0.4 is 5.32 Å². The Kier molecular flexibility index (Phi) is 4.23. The van der Waals surface area contributed by atoms with E-state index in [2.05, 4.69) is 34.1 Å². The minimum atomic E-state index is 0.821. The fourth-order valence-electron chi connectivity index (χ4n) is 1.64. The average molecular weight is 242 g/mol. The van der Waals surface area contributed by atoms with Gasteiger partial charge in [-0.25, -0.2) is 9.97 Å². The van der Waals surface area contributed by atoms with Crippen LogP contribution in [0.5, 0.6) is 0 Å². The van der Waals surface area contributed by atoms with Crippen molar-refractivity contribution in [1.82, 2.24) is 15.0 Å². The molecule has 0 atom stereocenters. The Balaban J connectivity index is 2.35. The van der Waals surface area contributed by atoms with E-state index in [1.165, 1.54) is 0 Å².